The third kappa shape index (κ3) is 4.04. The number of carboxylic acid groups (broad SMARTS) is 1. The summed E-state index contributed by atoms with van der Waals surface area (Å²) in [5.41, 5.74) is 2.35. The van der Waals surface area contributed by atoms with Crippen molar-refractivity contribution < 1.29 is 14.6 Å². The zero-order valence-electron chi connectivity index (χ0n) is 11.6. The quantitative estimate of drug-likeness (QED) is 0.307. The number of carbonyl (C=O) groups is 1. The third-order valence-electron chi connectivity index (χ3n) is 2.93. The first-order chi connectivity index (χ1) is 10.1. The Balaban J connectivity index is 2.20. The monoisotopic (exact) mass is 281 g/mol. The summed E-state index contributed by atoms with van der Waals surface area (Å²) >= 11 is 0. The van der Waals surface area contributed by atoms with Gasteiger partial charge in [0.2, 0.25) is 5.69 Å². The van der Waals surface area contributed by atoms with E-state index in [-0.39, 0.29) is 5.57 Å². The molecule has 21 heavy (non-hydrogen) atoms. The lowest BCUT2D eigenvalue weighted by atomic mass is 10.1. The van der Waals surface area contributed by atoms with Crippen LogP contribution in [0.3, 0.4) is 0 Å². The second-order valence-corrected chi connectivity index (χ2v) is 4.59. The van der Waals surface area contributed by atoms with Crippen LogP contribution in [0.15, 0.2) is 60.2 Å². The molecule has 1 N–H and O–H groups in total. The number of hydrogen-bond donors (Lipinski definition) is 1. The number of benzene rings is 2. The van der Waals surface area contributed by atoms with Gasteiger partial charge in [0.15, 0.2) is 6.21 Å². The van der Waals surface area contributed by atoms with Gasteiger partial charge in [-0.2, -0.15) is 4.74 Å². The van der Waals surface area contributed by atoms with Gasteiger partial charge in [-0.05, 0) is 30.7 Å². The minimum Gasteiger partial charge on any atom is -0.618 e. The summed E-state index contributed by atoms with van der Waals surface area (Å²) in [5.74, 6) is -0.944. The maximum Gasteiger partial charge on any atom is 0.331 e. The fraction of sp³-hybridized carbons (Fsp3) is 0.0588. The van der Waals surface area contributed by atoms with Crippen molar-refractivity contribution in [1.82, 2.24) is 0 Å². The minimum atomic E-state index is -0.944. The Kier molecular flexibility index (Phi) is 4.51. The highest BCUT2D eigenvalue weighted by atomic mass is 16.5. The predicted molar refractivity (Wildman–Crippen MR) is 82.6 cm³/mol. The van der Waals surface area contributed by atoms with Gasteiger partial charge in [-0.3, -0.25) is 0 Å². The minimum absolute atomic E-state index is 0.265. The van der Waals surface area contributed by atoms with Crippen molar-refractivity contribution in [2.45, 2.75) is 6.92 Å². The molecule has 0 unspecified atom stereocenters. The third-order valence-corrected chi connectivity index (χ3v) is 2.93. The van der Waals surface area contributed by atoms with Gasteiger partial charge in [0.1, 0.15) is 0 Å². The van der Waals surface area contributed by atoms with Crippen LogP contribution in [-0.2, 0) is 4.79 Å². The molecule has 106 valence electrons. The predicted octanol–water partition coefficient (Wildman–Crippen LogP) is 3.44. The van der Waals surface area contributed by atoms with Crippen LogP contribution >= 0.6 is 0 Å². The van der Waals surface area contributed by atoms with Crippen molar-refractivity contribution >= 4 is 23.9 Å². The molecule has 0 aromatic heterocycles. The molecule has 2 rings (SSSR count). The number of carboxylic acids is 1. The van der Waals surface area contributed by atoms with Gasteiger partial charge in [-0.25, -0.2) is 4.79 Å². The molecule has 0 spiro atoms. The van der Waals surface area contributed by atoms with E-state index in [1.54, 1.807) is 54.6 Å². The van der Waals surface area contributed by atoms with Gasteiger partial charge in [0.05, 0.1) is 0 Å². The van der Waals surface area contributed by atoms with E-state index >= 15 is 0 Å². The highest BCUT2D eigenvalue weighted by molar-refractivity contribution is 5.91. The van der Waals surface area contributed by atoms with Crippen molar-refractivity contribution in [2.24, 2.45) is 0 Å². The first-order valence-corrected chi connectivity index (χ1v) is 6.44. The highest BCUT2D eigenvalue weighted by Crippen LogP contribution is 2.11. The first-order valence-electron chi connectivity index (χ1n) is 6.44. The molecule has 0 bridgehead atoms. The Morgan fingerprint density at radius 1 is 1.05 bits per heavy atom. The average Bonchev–Trinajstić information content (AvgIpc) is 2.50. The molecule has 0 amide bonds. The molecule has 0 radical (unpaired) electrons. The van der Waals surface area contributed by atoms with E-state index in [1.807, 2.05) is 6.07 Å². The van der Waals surface area contributed by atoms with E-state index in [9.17, 15) is 10.0 Å². The molecule has 0 aliphatic heterocycles. The summed E-state index contributed by atoms with van der Waals surface area (Å²) in [6.45, 7) is 1.54. The van der Waals surface area contributed by atoms with Crippen molar-refractivity contribution in [3.8, 4) is 0 Å². The van der Waals surface area contributed by atoms with Crippen LogP contribution < -0.4 is 0 Å². The van der Waals surface area contributed by atoms with Crippen LogP contribution in [0, 0.1) is 5.21 Å². The largest absolute Gasteiger partial charge is 0.618 e. The molecule has 0 heterocycles. The van der Waals surface area contributed by atoms with E-state index in [0.717, 1.165) is 15.9 Å². The molecule has 0 atom stereocenters. The lowest BCUT2D eigenvalue weighted by Gasteiger charge is -2.02. The number of para-hydroxylation sites is 1. The molecular formula is C17H15NO3. The molecule has 0 aliphatic carbocycles. The molecule has 4 nitrogen and oxygen atoms in total. The molecule has 0 fully saturated rings. The van der Waals surface area contributed by atoms with E-state index in [4.69, 9.17) is 5.11 Å². The van der Waals surface area contributed by atoms with Crippen LogP contribution in [0.2, 0.25) is 0 Å². The van der Waals surface area contributed by atoms with Gasteiger partial charge >= 0.3 is 5.97 Å². The van der Waals surface area contributed by atoms with E-state index in [1.165, 1.54) is 13.1 Å². The van der Waals surface area contributed by atoms with Crippen molar-refractivity contribution in [3.05, 3.63) is 76.5 Å². The molecule has 0 saturated carbocycles. The summed E-state index contributed by atoms with van der Waals surface area (Å²) in [6.07, 6.45) is 3.06. The Bertz CT molecular complexity index is 686. The molecular weight excluding hydrogens is 266 g/mol. The lowest BCUT2D eigenvalue weighted by molar-refractivity contribution is -0.354. The molecule has 0 saturated heterocycles. The van der Waals surface area contributed by atoms with Crippen molar-refractivity contribution in [2.75, 3.05) is 0 Å². The SMILES string of the molecule is CC(=Cc1ccc(C=[N+]([O-])c2ccccc2)cc1)C(=O)O. The topological polar surface area (TPSA) is 63.4 Å². The van der Waals surface area contributed by atoms with Gasteiger partial charge in [0.25, 0.3) is 0 Å². The van der Waals surface area contributed by atoms with Gasteiger partial charge in [-0.15, -0.1) is 0 Å². The standard InChI is InChI=1S/C17H15NO3/c1-13(17(19)20)11-14-7-9-15(10-8-14)12-18(21)16-5-3-2-4-6-16/h2-12H,1H3,(H,19,20). The number of rotatable bonds is 4. The summed E-state index contributed by atoms with van der Waals surface area (Å²) in [4.78, 5) is 10.8. The molecule has 0 aliphatic rings. The van der Waals surface area contributed by atoms with Gasteiger partial charge < -0.3 is 10.3 Å². The Labute approximate surface area is 122 Å². The summed E-state index contributed by atoms with van der Waals surface area (Å²) in [6, 6.07) is 16.0. The second-order valence-electron chi connectivity index (χ2n) is 4.59. The van der Waals surface area contributed by atoms with E-state index in [0.29, 0.717) is 5.69 Å². The fourth-order valence-corrected chi connectivity index (χ4v) is 1.77. The highest BCUT2D eigenvalue weighted by Gasteiger charge is 2.02. The Morgan fingerprint density at radius 3 is 2.19 bits per heavy atom. The maximum atomic E-state index is 11.9. The smallest absolute Gasteiger partial charge is 0.331 e. The molecule has 2 aromatic carbocycles. The number of hydrogen-bond acceptors (Lipinski definition) is 2. The number of nitrogens with zero attached hydrogens (tertiary/aromatic N) is 1. The summed E-state index contributed by atoms with van der Waals surface area (Å²) in [5, 5.41) is 20.8. The first kappa shape index (κ1) is 14.5. The average molecular weight is 281 g/mol. The molecule has 4 heteroatoms. The van der Waals surface area contributed by atoms with Gasteiger partial charge in [-0.1, -0.05) is 30.3 Å². The van der Waals surface area contributed by atoms with Gasteiger partial charge in [0, 0.05) is 23.3 Å². The van der Waals surface area contributed by atoms with Crippen LogP contribution in [0.5, 0.6) is 0 Å². The maximum absolute atomic E-state index is 11.9. The second kappa shape index (κ2) is 6.52. The zero-order valence-corrected chi connectivity index (χ0v) is 11.6. The number of aliphatic carboxylic acids is 1. The Morgan fingerprint density at radius 2 is 1.62 bits per heavy atom. The summed E-state index contributed by atoms with van der Waals surface area (Å²) < 4.78 is 0.799. The lowest BCUT2D eigenvalue weighted by Crippen LogP contribution is -1.98. The van der Waals surface area contributed by atoms with Crippen LogP contribution in [0.25, 0.3) is 6.08 Å². The zero-order chi connectivity index (χ0) is 15.2. The van der Waals surface area contributed by atoms with Crippen molar-refractivity contribution in [3.63, 3.8) is 0 Å². The van der Waals surface area contributed by atoms with Crippen LogP contribution in [0.4, 0.5) is 5.69 Å². The van der Waals surface area contributed by atoms with E-state index < -0.39 is 5.97 Å². The van der Waals surface area contributed by atoms with Crippen molar-refractivity contribution in [1.29, 1.82) is 0 Å². The van der Waals surface area contributed by atoms with E-state index in [2.05, 4.69) is 0 Å². The Hall–Kier alpha value is -2.88. The fourth-order valence-electron chi connectivity index (χ4n) is 1.77. The normalized spacial score (nSPS) is 12.2. The summed E-state index contributed by atoms with van der Waals surface area (Å²) in [7, 11) is 0. The van der Waals surface area contributed by atoms with Crippen LogP contribution in [0.1, 0.15) is 18.1 Å². The van der Waals surface area contributed by atoms with Crippen LogP contribution in [-0.4, -0.2) is 22.0 Å². The molecule has 2 aromatic rings.